The minimum absolute atomic E-state index is 0.0281. The molecule has 3 heteroatoms. The molecule has 0 bridgehead atoms. The molecule has 0 amide bonds. The molecule has 0 radical (unpaired) electrons. The number of rotatable bonds is 2. The van der Waals surface area contributed by atoms with Gasteiger partial charge in [-0.1, -0.05) is 24.3 Å². The minimum Gasteiger partial charge on any atom is -0.469 e. The molecule has 2 rings (SSSR count). The maximum atomic E-state index is 11.6. The van der Waals surface area contributed by atoms with Gasteiger partial charge < -0.3 is 4.74 Å². The van der Waals surface area contributed by atoms with Gasteiger partial charge >= 0.3 is 5.97 Å². The molecule has 0 unspecified atom stereocenters. The molecule has 2 atom stereocenters. The largest absolute Gasteiger partial charge is 0.469 e. The van der Waals surface area contributed by atoms with Crippen molar-refractivity contribution in [2.24, 2.45) is 5.92 Å². The van der Waals surface area contributed by atoms with Crippen LogP contribution in [0.2, 0.25) is 0 Å². The molecule has 0 saturated heterocycles. The number of ketones is 1. The van der Waals surface area contributed by atoms with E-state index in [0.29, 0.717) is 6.42 Å². The first-order valence-electron chi connectivity index (χ1n) is 5.31. The lowest BCUT2D eigenvalue weighted by Gasteiger charge is -2.15. The summed E-state index contributed by atoms with van der Waals surface area (Å²) in [5.74, 6) is -0.944. The Balaban J connectivity index is 2.41. The molecule has 84 valence electrons. The third-order valence-electron chi connectivity index (χ3n) is 3.17. The first-order valence-corrected chi connectivity index (χ1v) is 5.31. The molecule has 1 aromatic carbocycles. The molecule has 1 aliphatic carbocycles. The highest BCUT2D eigenvalue weighted by Crippen LogP contribution is 2.38. The van der Waals surface area contributed by atoms with Crippen LogP contribution in [0.5, 0.6) is 0 Å². The van der Waals surface area contributed by atoms with Crippen LogP contribution in [0.25, 0.3) is 0 Å². The van der Waals surface area contributed by atoms with Crippen molar-refractivity contribution in [1.82, 2.24) is 0 Å². The van der Waals surface area contributed by atoms with Crippen LogP contribution in [0.4, 0.5) is 0 Å². The maximum Gasteiger partial charge on any atom is 0.310 e. The van der Waals surface area contributed by atoms with E-state index in [1.807, 2.05) is 24.3 Å². The zero-order valence-electron chi connectivity index (χ0n) is 9.40. The van der Waals surface area contributed by atoms with Crippen LogP contribution >= 0.6 is 0 Å². The predicted molar refractivity (Wildman–Crippen MR) is 59.1 cm³/mol. The van der Waals surface area contributed by atoms with Gasteiger partial charge in [-0.25, -0.2) is 0 Å². The summed E-state index contributed by atoms with van der Waals surface area (Å²) in [4.78, 5) is 23.3. The Morgan fingerprint density at radius 1 is 1.31 bits per heavy atom. The van der Waals surface area contributed by atoms with Crippen molar-refractivity contribution < 1.29 is 14.3 Å². The second-order valence-corrected chi connectivity index (χ2v) is 4.12. The Kier molecular flexibility index (Phi) is 2.77. The lowest BCUT2D eigenvalue weighted by molar-refractivity contribution is -0.147. The van der Waals surface area contributed by atoms with Gasteiger partial charge in [0.2, 0.25) is 0 Å². The summed E-state index contributed by atoms with van der Waals surface area (Å²) in [5.41, 5.74) is 2.06. The van der Waals surface area contributed by atoms with Crippen molar-refractivity contribution in [3.8, 4) is 0 Å². The number of hydrogen-bond donors (Lipinski definition) is 0. The van der Waals surface area contributed by atoms with Crippen LogP contribution < -0.4 is 0 Å². The number of benzene rings is 1. The first kappa shape index (κ1) is 10.9. The molecule has 0 heterocycles. The van der Waals surface area contributed by atoms with E-state index in [1.54, 1.807) is 0 Å². The van der Waals surface area contributed by atoms with Crippen molar-refractivity contribution in [2.75, 3.05) is 7.11 Å². The molecule has 0 aliphatic heterocycles. The zero-order chi connectivity index (χ0) is 11.7. The molecule has 3 nitrogen and oxygen atoms in total. The highest BCUT2D eigenvalue weighted by molar-refractivity contribution is 5.91. The molecule has 0 aromatic heterocycles. The van der Waals surface area contributed by atoms with Crippen molar-refractivity contribution in [3.63, 3.8) is 0 Å². The van der Waals surface area contributed by atoms with Crippen molar-refractivity contribution in [2.45, 2.75) is 19.3 Å². The summed E-state index contributed by atoms with van der Waals surface area (Å²) in [5, 5.41) is 0. The van der Waals surface area contributed by atoms with Crippen molar-refractivity contribution >= 4 is 11.8 Å². The van der Waals surface area contributed by atoms with Gasteiger partial charge in [-0.3, -0.25) is 9.59 Å². The van der Waals surface area contributed by atoms with Gasteiger partial charge in [0.05, 0.1) is 18.9 Å². The number of methoxy groups -OCH3 is 1. The number of carbonyl (C=O) groups excluding carboxylic acids is 2. The Labute approximate surface area is 94.4 Å². The van der Waals surface area contributed by atoms with Gasteiger partial charge in [0.1, 0.15) is 5.78 Å². The number of esters is 1. The average molecular weight is 218 g/mol. The van der Waals surface area contributed by atoms with E-state index in [-0.39, 0.29) is 23.6 Å². The SMILES string of the molecule is COC(=O)[C@@H]1Cc2ccccc2[C@H]1C(C)=O. The monoisotopic (exact) mass is 218 g/mol. The Morgan fingerprint density at radius 3 is 2.62 bits per heavy atom. The number of Topliss-reactive ketones (excluding diaryl/α,β-unsaturated/α-hetero) is 1. The van der Waals surface area contributed by atoms with Gasteiger partial charge in [-0.15, -0.1) is 0 Å². The normalized spacial score (nSPS) is 22.6. The second kappa shape index (κ2) is 4.08. The van der Waals surface area contributed by atoms with Gasteiger partial charge in [0.25, 0.3) is 0 Å². The summed E-state index contributed by atoms with van der Waals surface area (Å²) in [6.45, 7) is 1.53. The molecule has 0 saturated carbocycles. The summed E-state index contributed by atoms with van der Waals surface area (Å²) >= 11 is 0. The fourth-order valence-electron chi connectivity index (χ4n) is 2.47. The molecule has 16 heavy (non-hydrogen) atoms. The molecule has 0 spiro atoms. The third-order valence-corrected chi connectivity index (χ3v) is 3.17. The van der Waals surface area contributed by atoms with Crippen molar-refractivity contribution in [3.05, 3.63) is 35.4 Å². The number of carbonyl (C=O) groups is 2. The second-order valence-electron chi connectivity index (χ2n) is 4.12. The highest BCUT2D eigenvalue weighted by atomic mass is 16.5. The average Bonchev–Trinajstić information content (AvgIpc) is 2.67. The van der Waals surface area contributed by atoms with E-state index in [2.05, 4.69) is 0 Å². The van der Waals surface area contributed by atoms with E-state index in [4.69, 9.17) is 4.74 Å². The maximum absolute atomic E-state index is 11.6. The zero-order valence-corrected chi connectivity index (χ0v) is 9.40. The van der Waals surface area contributed by atoms with Gasteiger partial charge in [-0.2, -0.15) is 0 Å². The molecule has 0 fully saturated rings. The van der Waals surface area contributed by atoms with Crippen LogP contribution in [0.3, 0.4) is 0 Å². The molecular formula is C13H14O3. The van der Waals surface area contributed by atoms with Gasteiger partial charge in [-0.05, 0) is 24.5 Å². The first-order chi connectivity index (χ1) is 7.65. The summed E-state index contributed by atoms with van der Waals surface area (Å²) < 4.78 is 4.75. The molecule has 0 N–H and O–H groups in total. The van der Waals surface area contributed by atoms with E-state index in [9.17, 15) is 9.59 Å². The predicted octanol–water partition coefficient (Wildman–Crippen LogP) is 1.70. The summed E-state index contributed by atoms with van der Waals surface area (Å²) in [6.07, 6.45) is 0.604. The number of ether oxygens (including phenoxy) is 1. The standard InChI is InChI=1S/C13H14O3/c1-8(14)12-10-6-4-3-5-9(10)7-11(12)13(15)16-2/h3-6,11-12H,7H2,1-2H3/t11-,12-/m1/s1. The molecular weight excluding hydrogens is 204 g/mol. The lowest BCUT2D eigenvalue weighted by atomic mass is 9.89. The molecule has 1 aliphatic rings. The summed E-state index contributed by atoms with van der Waals surface area (Å²) in [7, 11) is 1.36. The summed E-state index contributed by atoms with van der Waals surface area (Å²) in [6, 6.07) is 7.71. The smallest absolute Gasteiger partial charge is 0.310 e. The number of fused-ring (bicyclic) bond motifs is 1. The third kappa shape index (κ3) is 1.62. The van der Waals surface area contributed by atoms with E-state index < -0.39 is 0 Å². The van der Waals surface area contributed by atoms with Crippen LogP contribution in [-0.2, 0) is 20.7 Å². The lowest BCUT2D eigenvalue weighted by Crippen LogP contribution is -2.24. The fraction of sp³-hybridized carbons (Fsp3) is 0.385. The van der Waals surface area contributed by atoms with Gasteiger partial charge in [0, 0.05) is 0 Å². The Morgan fingerprint density at radius 2 is 2.00 bits per heavy atom. The quantitative estimate of drug-likeness (QED) is 0.710. The van der Waals surface area contributed by atoms with Gasteiger partial charge in [0.15, 0.2) is 0 Å². The van der Waals surface area contributed by atoms with E-state index in [1.165, 1.54) is 14.0 Å². The van der Waals surface area contributed by atoms with Crippen LogP contribution in [0, 0.1) is 5.92 Å². The minimum atomic E-state index is -0.347. The Hall–Kier alpha value is -1.64. The van der Waals surface area contributed by atoms with Crippen LogP contribution in [0.15, 0.2) is 24.3 Å². The highest BCUT2D eigenvalue weighted by Gasteiger charge is 2.40. The van der Waals surface area contributed by atoms with Crippen LogP contribution in [-0.4, -0.2) is 18.9 Å². The number of hydrogen-bond acceptors (Lipinski definition) is 3. The fourth-order valence-corrected chi connectivity index (χ4v) is 2.47. The van der Waals surface area contributed by atoms with E-state index >= 15 is 0 Å². The van der Waals surface area contributed by atoms with Crippen LogP contribution in [0.1, 0.15) is 24.0 Å². The topological polar surface area (TPSA) is 43.4 Å². The Bertz CT molecular complexity index is 437. The molecule has 1 aromatic rings. The van der Waals surface area contributed by atoms with Crippen molar-refractivity contribution in [1.29, 1.82) is 0 Å². The van der Waals surface area contributed by atoms with E-state index in [0.717, 1.165) is 11.1 Å².